The third kappa shape index (κ3) is 6.04. The topological polar surface area (TPSA) is 77.4 Å². The van der Waals surface area contributed by atoms with Gasteiger partial charge in [-0.1, -0.05) is 30.3 Å². The molecule has 7 nitrogen and oxygen atoms in total. The highest BCUT2D eigenvalue weighted by molar-refractivity contribution is 5.99. The molecule has 1 saturated heterocycles. The molecule has 0 unspecified atom stereocenters. The highest BCUT2D eigenvalue weighted by atomic mass is 16.5. The van der Waals surface area contributed by atoms with Crippen LogP contribution >= 0.6 is 0 Å². The summed E-state index contributed by atoms with van der Waals surface area (Å²) < 4.78 is 5.11. The molecule has 0 aromatic heterocycles. The minimum absolute atomic E-state index is 0.0690. The molecular formula is C22H28N4O3. The first kappa shape index (κ1) is 20.8. The van der Waals surface area contributed by atoms with Crippen molar-refractivity contribution in [2.24, 2.45) is 5.10 Å². The summed E-state index contributed by atoms with van der Waals surface area (Å²) in [7, 11) is 1.49. The van der Waals surface area contributed by atoms with E-state index in [0.717, 1.165) is 38.3 Å². The molecule has 7 heteroatoms. The number of phenolic OH excluding ortho intramolecular Hbond substituents is 1. The second-order valence-electron chi connectivity index (χ2n) is 7.16. The van der Waals surface area contributed by atoms with Gasteiger partial charge in [0.05, 0.1) is 19.4 Å². The second-order valence-corrected chi connectivity index (χ2v) is 7.16. The van der Waals surface area contributed by atoms with Gasteiger partial charge in [-0.15, -0.1) is 0 Å². The van der Waals surface area contributed by atoms with Crippen LogP contribution in [0.25, 0.3) is 0 Å². The lowest BCUT2D eigenvalue weighted by molar-refractivity contribution is -0.122. The number of amides is 1. The van der Waals surface area contributed by atoms with Gasteiger partial charge in [-0.2, -0.15) is 5.10 Å². The summed E-state index contributed by atoms with van der Waals surface area (Å²) in [6.45, 7) is 6.68. The van der Waals surface area contributed by atoms with Crippen molar-refractivity contribution >= 4 is 11.6 Å². The summed E-state index contributed by atoms with van der Waals surface area (Å²) >= 11 is 0. The van der Waals surface area contributed by atoms with Gasteiger partial charge >= 0.3 is 0 Å². The molecule has 0 saturated carbocycles. The molecule has 2 N–H and O–H groups in total. The third-order valence-electron chi connectivity index (χ3n) is 5.03. The summed E-state index contributed by atoms with van der Waals surface area (Å²) in [5.74, 6) is 0.308. The molecule has 0 radical (unpaired) electrons. The van der Waals surface area contributed by atoms with Gasteiger partial charge in [0, 0.05) is 38.3 Å². The van der Waals surface area contributed by atoms with Crippen LogP contribution in [-0.2, 0) is 11.3 Å². The molecule has 1 heterocycles. The number of hydrogen-bond donors (Lipinski definition) is 2. The minimum Gasteiger partial charge on any atom is -0.504 e. The zero-order valence-electron chi connectivity index (χ0n) is 17.0. The Labute approximate surface area is 171 Å². The SMILES string of the molecule is COc1cc(C(C)=NNC(=O)CN2CCN(Cc3ccccc3)CC2)ccc1O. The van der Waals surface area contributed by atoms with Crippen molar-refractivity contribution in [2.75, 3.05) is 39.8 Å². The smallest absolute Gasteiger partial charge is 0.254 e. The molecule has 2 aromatic rings. The molecule has 1 fully saturated rings. The van der Waals surface area contributed by atoms with Gasteiger partial charge in [-0.05, 0) is 30.7 Å². The Bertz CT molecular complexity index is 846. The van der Waals surface area contributed by atoms with Crippen LogP contribution in [0.15, 0.2) is 53.6 Å². The number of hydrazone groups is 1. The molecule has 1 aliphatic heterocycles. The number of nitrogens with one attached hydrogen (secondary N) is 1. The molecule has 154 valence electrons. The summed E-state index contributed by atoms with van der Waals surface area (Å²) in [5, 5.41) is 13.9. The first-order valence-corrected chi connectivity index (χ1v) is 9.74. The monoisotopic (exact) mass is 396 g/mol. The number of carbonyl (C=O) groups is 1. The fourth-order valence-corrected chi connectivity index (χ4v) is 3.30. The van der Waals surface area contributed by atoms with Crippen LogP contribution in [-0.4, -0.2) is 66.4 Å². The fraction of sp³-hybridized carbons (Fsp3) is 0.364. The molecule has 0 spiro atoms. The van der Waals surface area contributed by atoms with Crippen LogP contribution < -0.4 is 10.2 Å². The Morgan fingerprint density at radius 3 is 2.48 bits per heavy atom. The van der Waals surface area contributed by atoms with E-state index in [1.807, 2.05) is 6.07 Å². The van der Waals surface area contributed by atoms with Crippen molar-refractivity contribution in [3.63, 3.8) is 0 Å². The molecule has 1 amide bonds. The van der Waals surface area contributed by atoms with Crippen molar-refractivity contribution in [1.82, 2.24) is 15.2 Å². The highest BCUT2D eigenvalue weighted by Crippen LogP contribution is 2.26. The second kappa shape index (κ2) is 10.0. The number of benzene rings is 2. The Kier molecular flexibility index (Phi) is 7.21. The number of aromatic hydroxyl groups is 1. The van der Waals surface area contributed by atoms with E-state index < -0.39 is 0 Å². The van der Waals surface area contributed by atoms with E-state index in [1.165, 1.54) is 12.7 Å². The zero-order chi connectivity index (χ0) is 20.6. The zero-order valence-corrected chi connectivity index (χ0v) is 17.0. The summed E-state index contributed by atoms with van der Waals surface area (Å²) in [6, 6.07) is 15.4. The maximum absolute atomic E-state index is 12.3. The number of ether oxygens (including phenoxy) is 1. The number of methoxy groups -OCH3 is 1. The Balaban J connectivity index is 1.44. The molecule has 0 aliphatic carbocycles. The van der Waals surface area contributed by atoms with Crippen molar-refractivity contribution in [1.29, 1.82) is 0 Å². The van der Waals surface area contributed by atoms with Crippen LogP contribution in [0.1, 0.15) is 18.1 Å². The van der Waals surface area contributed by atoms with Crippen LogP contribution in [0.4, 0.5) is 0 Å². The van der Waals surface area contributed by atoms with E-state index in [-0.39, 0.29) is 11.7 Å². The quantitative estimate of drug-likeness (QED) is 0.553. The lowest BCUT2D eigenvalue weighted by Crippen LogP contribution is -2.48. The maximum Gasteiger partial charge on any atom is 0.254 e. The van der Waals surface area contributed by atoms with Gasteiger partial charge in [-0.3, -0.25) is 14.6 Å². The number of phenols is 1. The first-order valence-electron chi connectivity index (χ1n) is 9.74. The van der Waals surface area contributed by atoms with Gasteiger partial charge < -0.3 is 9.84 Å². The Morgan fingerprint density at radius 2 is 1.79 bits per heavy atom. The lowest BCUT2D eigenvalue weighted by atomic mass is 10.1. The number of hydrogen-bond acceptors (Lipinski definition) is 6. The van der Waals surface area contributed by atoms with Crippen LogP contribution in [0.5, 0.6) is 11.5 Å². The van der Waals surface area contributed by atoms with E-state index in [1.54, 1.807) is 25.1 Å². The van der Waals surface area contributed by atoms with Gasteiger partial charge in [-0.25, -0.2) is 5.43 Å². The van der Waals surface area contributed by atoms with Crippen LogP contribution in [0.3, 0.4) is 0 Å². The van der Waals surface area contributed by atoms with Crippen molar-refractivity contribution < 1.29 is 14.6 Å². The molecule has 2 aromatic carbocycles. The average Bonchev–Trinajstić information content (AvgIpc) is 2.74. The molecule has 1 aliphatic rings. The van der Waals surface area contributed by atoms with E-state index in [2.05, 4.69) is 44.6 Å². The first-order chi connectivity index (χ1) is 14.0. The normalized spacial score (nSPS) is 15.9. The lowest BCUT2D eigenvalue weighted by Gasteiger charge is -2.34. The molecule has 29 heavy (non-hydrogen) atoms. The van der Waals surface area contributed by atoms with E-state index >= 15 is 0 Å². The number of piperazine rings is 1. The van der Waals surface area contributed by atoms with Gasteiger partial charge in [0.15, 0.2) is 11.5 Å². The standard InChI is InChI=1S/C22H28N4O3/c1-17(19-8-9-20(27)21(14-19)29-2)23-24-22(28)16-26-12-10-25(11-13-26)15-18-6-4-3-5-7-18/h3-9,14,27H,10-13,15-16H2,1-2H3,(H,24,28). The molecule has 0 atom stereocenters. The predicted octanol–water partition coefficient (Wildman–Crippen LogP) is 2.06. The largest absolute Gasteiger partial charge is 0.504 e. The van der Waals surface area contributed by atoms with Crippen molar-refractivity contribution in [3.05, 3.63) is 59.7 Å². The van der Waals surface area contributed by atoms with E-state index in [0.29, 0.717) is 18.0 Å². The van der Waals surface area contributed by atoms with Gasteiger partial charge in [0.2, 0.25) is 0 Å². The molecule has 0 bridgehead atoms. The van der Waals surface area contributed by atoms with E-state index in [4.69, 9.17) is 4.74 Å². The van der Waals surface area contributed by atoms with Gasteiger partial charge in [0.1, 0.15) is 0 Å². The van der Waals surface area contributed by atoms with Crippen LogP contribution in [0, 0.1) is 0 Å². The highest BCUT2D eigenvalue weighted by Gasteiger charge is 2.19. The number of carbonyl (C=O) groups excluding carboxylic acids is 1. The van der Waals surface area contributed by atoms with Crippen molar-refractivity contribution in [3.8, 4) is 11.5 Å². The summed E-state index contributed by atoms with van der Waals surface area (Å²) in [5.41, 5.74) is 5.35. The Hall–Kier alpha value is -2.90. The van der Waals surface area contributed by atoms with Crippen molar-refractivity contribution in [2.45, 2.75) is 13.5 Å². The summed E-state index contributed by atoms with van der Waals surface area (Å²) in [4.78, 5) is 16.8. The number of nitrogens with zero attached hydrogens (tertiary/aromatic N) is 3. The molecular weight excluding hydrogens is 368 g/mol. The predicted molar refractivity (Wildman–Crippen MR) is 113 cm³/mol. The van der Waals surface area contributed by atoms with Crippen LogP contribution in [0.2, 0.25) is 0 Å². The minimum atomic E-state index is -0.133. The van der Waals surface area contributed by atoms with Gasteiger partial charge in [0.25, 0.3) is 5.91 Å². The van der Waals surface area contributed by atoms with E-state index in [9.17, 15) is 9.90 Å². The summed E-state index contributed by atoms with van der Waals surface area (Å²) in [6.07, 6.45) is 0. The third-order valence-corrected chi connectivity index (χ3v) is 5.03. The average molecular weight is 396 g/mol. The maximum atomic E-state index is 12.3. The fourth-order valence-electron chi connectivity index (χ4n) is 3.30. The number of rotatable bonds is 7. The molecule has 3 rings (SSSR count). The Morgan fingerprint density at radius 1 is 1.10 bits per heavy atom.